The zero-order valence-electron chi connectivity index (χ0n) is 14.5. The molecule has 2 N–H and O–H groups in total. The zero-order chi connectivity index (χ0) is 16.9. The van der Waals surface area contributed by atoms with Gasteiger partial charge in [-0.15, -0.1) is 0 Å². The SMILES string of the molecule is CCCCCCCCCCCCC(C(=O)O)c1ccccc1O. The molecule has 1 aromatic carbocycles. The van der Waals surface area contributed by atoms with Crippen LogP contribution in [-0.2, 0) is 4.79 Å². The number of phenolic OH excluding ortho intramolecular Hbond substituents is 1. The second-order valence-electron chi connectivity index (χ2n) is 6.42. The first kappa shape index (κ1) is 19.5. The maximum atomic E-state index is 11.4. The van der Waals surface area contributed by atoms with E-state index in [4.69, 9.17) is 0 Å². The molecule has 3 nitrogen and oxygen atoms in total. The Bertz CT molecular complexity index is 442. The Labute approximate surface area is 140 Å². The molecule has 1 rings (SSSR count). The van der Waals surface area contributed by atoms with Crippen LogP contribution < -0.4 is 0 Å². The first-order valence-corrected chi connectivity index (χ1v) is 9.17. The van der Waals surface area contributed by atoms with Crippen molar-refractivity contribution in [1.82, 2.24) is 0 Å². The summed E-state index contributed by atoms with van der Waals surface area (Å²) in [5.74, 6) is -1.35. The van der Waals surface area contributed by atoms with E-state index < -0.39 is 11.9 Å². The van der Waals surface area contributed by atoms with Crippen molar-refractivity contribution >= 4 is 5.97 Å². The largest absolute Gasteiger partial charge is 0.508 e. The van der Waals surface area contributed by atoms with E-state index in [0.717, 1.165) is 12.8 Å². The van der Waals surface area contributed by atoms with E-state index in [1.165, 1.54) is 51.4 Å². The van der Waals surface area contributed by atoms with Gasteiger partial charge in [-0.05, 0) is 12.5 Å². The lowest BCUT2D eigenvalue weighted by molar-refractivity contribution is -0.139. The Morgan fingerprint density at radius 3 is 1.96 bits per heavy atom. The van der Waals surface area contributed by atoms with E-state index in [1.54, 1.807) is 24.3 Å². The normalized spacial score (nSPS) is 12.2. The van der Waals surface area contributed by atoms with Crippen molar-refractivity contribution in [1.29, 1.82) is 0 Å². The van der Waals surface area contributed by atoms with Crippen LogP contribution in [0.4, 0.5) is 0 Å². The summed E-state index contributed by atoms with van der Waals surface area (Å²) in [6.07, 6.45) is 13.0. The van der Waals surface area contributed by atoms with E-state index in [0.29, 0.717) is 12.0 Å². The van der Waals surface area contributed by atoms with Gasteiger partial charge in [0.1, 0.15) is 5.75 Å². The molecule has 1 unspecified atom stereocenters. The molecule has 23 heavy (non-hydrogen) atoms. The molecule has 0 aliphatic carbocycles. The number of aliphatic carboxylic acids is 1. The Kier molecular flexibility index (Phi) is 10.2. The van der Waals surface area contributed by atoms with Gasteiger partial charge in [0.05, 0.1) is 5.92 Å². The molecule has 0 bridgehead atoms. The average molecular weight is 320 g/mol. The van der Waals surface area contributed by atoms with Crippen molar-refractivity contribution in [2.24, 2.45) is 0 Å². The molecule has 0 spiro atoms. The third-order valence-electron chi connectivity index (χ3n) is 4.46. The molecule has 0 radical (unpaired) electrons. The monoisotopic (exact) mass is 320 g/mol. The number of hydrogen-bond donors (Lipinski definition) is 2. The second-order valence-corrected chi connectivity index (χ2v) is 6.42. The van der Waals surface area contributed by atoms with Crippen LogP contribution in [0, 0.1) is 0 Å². The second kappa shape index (κ2) is 12.0. The van der Waals surface area contributed by atoms with Crippen LogP contribution in [0.2, 0.25) is 0 Å². The van der Waals surface area contributed by atoms with Gasteiger partial charge in [0.15, 0.2) is 0 Å². The molecule has 130 valence electrons. The highest BCUT2D eigenvalue weighted by molar-refractivity contribution is 5.77. The van der Waals surface area contributed by atoms with Gasteiger partial charge in [0, 0.05) is 5.56 Å². The molecule has 0 saturated heterocycles. The smallest absolute Gasteiger partial charge is 0.311 e. The number of rotatable bonds is 13. The lowest BCUT2D eigenvalue weighted by atomic mass is 9.92. The highest BCUT2D eigenvalue weighted by Gasteiger charge is 2.21. The molecule has 0 heterocycles. The summed E-state index contributed by atoms with van der Waals surface area (Å²) in [7, 11) is 0. The molecule has 0 saturated carbocycles. The van der Waals surface area contributed by atoms with Crippen molar-refractivity contribution in [3.05, 3.63) is 29.8 Å². The molecule has 1 aromatic rings. The van der Waals surface area contributed by atoms with Gasteiger partial charge >= 0.3 is 5.97 Å². The summed E-state index contributed by atoms with van der Waals surface area (Å²) in [6.45, 7) is 2.24. The number of para-hydroxylation sites is 1. The van der Waals surface area contributed by atoms with Crippen LogP contribution in [-0.4, -0.2) is 16.2 Å². The molecule has 0 aromatic heterocycles. The van der Waals surface area contributed by atoms with E-state index in [2.05, 4.69) is 6.92 Å². The minimum absolute atomic E-state index is 0.0898. The summed E-state index contributed by atoms with van der Waals surface area (Å²) in [5, 5.41) is 19.2. The van der Waals surface area contributed by atoms with E-state index >= 15 is 0 Å². The predicted molar refractivity (Wildman–Crippen MR) is 94.9 cm³/mol. The van der Waals surface area contributed by atoms with Crippen molar-refractivity contribution < 1.29 is 15.0 Å². The van der Waals surface area contributed by atoms with Crippen LogP contribution in [0.5, 0.6) is 5.75 Å². The number of carbonyl (C=O) groups is 1. The van der Waals surface area contributed by atoms with Gasteiger partial charge < -0.3 is 10.2 Å². The molecule has 0 fully saturated rings. The molecular formula is C20H32O3. The van der Waals surface area contributed by atoms with Crippen molar-refractivity contribution in [2.75, 3.05) is 0 Å². The minimum atomic E-state index is -0.845. The summed E-state index contributed by atoms with van der Waals surface area (Å²) >= 11 is 0. The van der Waals surface area contributed by atoms with E-state index in [1.807, 2.05) is 0 Å². The lowest BCUT2D eigenvalue weighted by Crippen LogP contribution is -2.11. The summed E-state index contributed by atoms with van der Waals surface area (Å²) in [4.78, 5) is 11.4. The lowest BCUT2D eigenvalue weighted by Gasteiger charge is -2.14. The Balaban J connectivity index is 2.18. The van der Waals surface area contributed by atoms with Crippen molar-refractivity contribution in [3.63, 3.8) is 0 Å². The highest BCUT2D eigenvalue weighted by atomic mass is 16.4. The molecular weight excluding hydrogens is 288 g/mol. The number of carboxylic acids is 1. The average Bonchev–Trinajstić information content (AvgIpc) is 2.53. The topological polar surface area (TPSA) is 57.5 Å². The fourth-order valence-corrected chi connectivity index (χ4v) is 3.03. The maximum Gasteiger partial charge on any atom is 0.311 e. The Morgan fingerprint density at radius 1 is 0.913 bits per heavy atom. The van der Waals surface area contributed by atoms with Gasteiger partial charge in [0.2, 0.25) is 0 Å². The summed E-state index contributed by atoms with van der Waals surface area (Å²) in [5.41, 5.74) is 0.538. The molecule has 3 heteroatoms. The number of unbranched alkanes of at least 4 members (excludes halogenated alkanes) is 9. The Hall–Kier alpha value is -1.51. The number of carboxylic acid groups (broad SMARTS) is 1. The summed E-state index contributed by atoms with van der Waals surface area (Å²) in [6, 6.07) is 6.77. The third kappa shape index (κ3) is 8.06. The first-order chi connectivity index (χ1) is 11.2. The van der Waals surface area contributed by atoms with Crippen LogP contribution in [0.15, 0.2) is 24.3 Å². The molecule has 0 aliphatic rings. The fraction of sp³-hybridized carbons (Fsp3) is 0.650. The maximum absolute atomic E-state index is 11.4. The molecule has 0 aliphatic heterocycles. The zero-order valence-corrected chi connectivity index (χ0v) is 14.5. The van der Waals surface area contributed by atoms with Crippen molar-refractivity contribution in [3.8, 4) is 5.75 Å². The Morgan fingerprint density at radius 2 is 1.43 bits per heavy atom. The molecule has 1 atom stereocenters. The van der Waals surface area contributed by atoms with Crippen LogP contribution in [0.3, 0.4) is 0 Å². The van der Waals surface area contributed by atoms with Crippen LogP contribution >= 0.6 is 0 Å². The number of hydrogen-bond acceptors (Lipinski definition) is 2. The van der Waals surface area contributed by atoms with Gasteiger partial charge in [-0.3, -0.25) is 4.79 Å². The summed E-state index contributed by atoms with van der Waals surface area (Å²) < 4.78 is 0. The van der Waals surface area contributed by atoms with E-state index in [9.17, 15) is 15.0 Å². The molecule has 0 amide bonds. The third-order valence-corrected chi connectivity index (χ3v) is 4.46. The number of aromatic hydroxyl groups is 1. The highest BCUT2D eigenvalue weighted by Crippen LogP contribution is 2.30. The van der Waals surface area contributed by atoms with Crippen LogP contribution in [0.1, 0.15) is 89.0 Å². The fourth-order valence-electron chi connectivity index (χ4n) is 3.03. The van der Waals surface area contributed by atoms with Gasteiger partial charge in [0.25, 0.3) is 0 Å². The quantitative estimate of drug-likeness (QED) is 0.447. The van der Waals surface area contributed by atoms with Gasteiger partial charge in [-0.1, -0.05) is 89.3 Å². The number of phenols is 1. The van der Waals surface area contributed by atoms with E-state index in [-0.39, 0.29) is 5.75 Å². The first-order valence-electron chi connectivity index (χ1n) is 9.17. The number of benzene rings is 1. The van der Waals surface area contributed by atoms with Gasteiger partial charge in [-0.2, -0.15) is 0 Å². The van der Waals surface area contributed by atoms with Crippen LogP contribution in [0.25, 0.3) is 0 Å². The minimum Gasteiger partial charge on any atom is -0.508 e. The van der Waals surface area contributed by atoms with Crippen molar-refractivity contribution in [2.45, 2.75) is 83.5 Å². The predicted octanol–water partition coefficient (Wildman–Crippen LogP) is 5.87. The standard InChI is InChI=1S/C20H32O3/c1-2-3-4-5-6-7-8-9-10-11-15-18(20(22)23)17-14-12-13-16-19(17)21/h12-14,16,18,21H,2-11,15H2,1H3,(H,22,23). The van der Waals surface area contributed by atoms with Gasteiger partial charge in [-0.25, -0.2) is 0 Å².